The van der Waals surface area contributed by atoms with E-state index < -0.39 is 0 Å². The molecule has 2 aromatic heterocycles. The third kappa shape index (κ3) is 2.90. The van der Waals surface area contributed by atoms with Crippen LogP contribution in [0.25, 0.3) is 22.0 Å². The lowest BCUT2D eigenvalue weighted by molar-refractivity contribution is 0.768. The second-order valence-electron chi connectivity index (χ2n) is 8.15. The topological polar surface area (TPSA) is 96.1 Å². The first-order chi connectivity index (χ1) is 15.4. The molecule has 0 amide bonds. The highest BCUT2D eigenvalue weighted by molar-refractivity contribution is 5.98. The predicted molar refractivity (Wildman–Crippen MR) is 127 cm³/mol. The van der Waals surface area contributed by atoms with Gasteiger partial charge >= 0.3 is 0 Å². The highest BCUT2D eigenvalue weighted by Gasteiger charge is 2.26. The molecule has 0 bridgehead atoms. The lowest BCUT2D eigenvalue weighted by Gasteiger charge is -2.38. The van der Waals surface area contributed by atoms with Gasteiger partial charge in [-0.25, -0.2) is 0 Å². The maximum absolute atomic E-state index is 12.3. The SMILES string of the molecule is CN1CCN(c2cccc3c2cc(N)c(=O)n3C)c2cc(C#N)c(-c3cnn(C)c3)cc21. The summed E-state index contributed by atoms with van der Waals surface area (Å²) in [4.78, 5) is 16.7. The van der Waals surface area contributed by atoms with Gasteiger partial charge in [0.25, 0.3) is 5.56 Å². The summed E-state index contributed by atoms with van der Waals surface area (Å²) in [5.74, 6) is 0. The Hall–Kier alpha value is -4.25. The Labute approximate surface area is 185 Å². The van der Waals surface area contributed by atoms with Gasteiger partial charge < -0.3 is 20.1 Å². The fourth-order valence-electron chi connectivity index (χ4n) is 4.47. The van der Waals surface area contributed by atoms with Crippen LogP contribution in [0.3, 0.4) is 0 Å². The van der Waals surface area contributed by atoms with E-state index >= 15 is 0 Å². The lowest BCUT2D eigenvalue weighted by atomic mass is 9.98. The van der Waals surface area contributed by atoms with Crippen molar-refractivity contribution >= 4 is 33.7 Å². The summed E-state index contributed by atoms with van der Waals surface area (Å²) in [6, 6.07) is 14.0. The van der Waals surface area contributed by atoms with Crippen LogP contribution in [-0.4, -0.2) is 34.5 Å². The highest BCUT2D eigenvalue weighted by atomic mass is 16.1. The molecule has 0 spiro atoms. The molecule has 0 saturated heterocycles. The molecular formula is C24H23N7O. The summed E-state index contributed by atoms with van der Waals surface area (Å²) in [7, 11) is 5.65. The van der Waals surface area contributed by atoms with Crippen molar-refractivity contribution in [1.82, 2.24) is 14.3 Å². The molecule has 0 fully saturated rings. The van der Waals surface area contributed by atoms with E-state index in [9.17, 15) is 10.1 Å². The largest absolute Gasteiger partial charge is 0.394 e. The van der Waals surface area contributed by atoms with Gasteiger partial charge in [-0.1, -0.05) is 6.07 Å². The number of likely N-dealkylation sites (N-methyl/N-ethyl adjacent to an activating group) is 1. The van der Waals surface area contributed by atoms with Crippen molar-refractivity contribution in [1.29, 1.82) is 5.26 Å². The Morgan fingerprint density at radius 1 is 1.06 bits per heavy atom. The third-order valence-corrected chi connectivity index (χ3v) is 6.18. The quantitative estimate of drug-likeness (QED) is 0.530. The van der Waals surface area contributed by atoms with E-state index in [0.29, 0.717) is 5.56 Å². The second-order valence-corrected chi connectivity index (χ2v) is 8.15. The summed E-state index contributed by atoms with van der Waals surface area (Å²) < 4.78 is 3.31. The fraction of sp³-hybridized carbons (Fsp3) is 0.208. The van der Waals surface area contributed by atoms with Crippen LogP contribution in [0.4, 0.5) is 22.7 Å². The molecule has 2 aromatic carbocycles. The molecule has 0 atom stereocenters. The number of hydrogen-bond acceptors (Lipinski definition) is 6. The maximum Gasteiger partial charge on any atom is 0.273 e. The average molecular weight is 425 g/mol. The Kier molecular flexibility index (Phi) is 4.41. The second kappa shape index (κ2) is 7.17. The van der Waals surface area contributed by atoms with E-state index in [-0.39, 0.29) is 11.2 Å². The van der Waals surface area contributed by atoms with Crippen LogP contribution < -0.4 is 21.1 Å². The molecule has 0 saturated carbocycles. The first-order valence-corrected chi connectivity index (χ1v) is 10.3. The molecule has 1 aliphatic heterocycles. The molecular weight excluding hydrogens is 402 g/mol. The number of hydrogen-bond donors (Lipinski definition) is 1. The number of pyridine rings is 1. The van der Waals surface area contributed by atoms with Crippen LogP contribution in [0.2, 0.25) is 0 Å². The molecule has 0 aliphatic carbocycles. The minimum Gasteiger partial charge on any atom is -0.394 e. The first-order valence-electron chi connectivity index (χ1n) is 10.3. The molecule has 3 heterocycles. The lowest BCUT2D eigenvalue weighted by Crippen LogP contribution is -2.36. The minimum absolute atomic E-state index is 0.207. The third-order valence-electron chi connectivity index (χ3n) is 6.18. The Morgan fingerprint density at radius 2 is 1.88 bits per heavy atom. The number of aromatic nitrogens is 3. The summed E-state index contributed by atoms with van der Waals surface area (Å²) in [5, 5.41) is 15.1. The normalized spacial score (nSPS) is 13.3. The standard InChI is InChI=1S/C24H23N7O/c1-28-7-8-31(21-6-4-5-20-18(21)10-19(26)24(32)30(20)3)23-9-15(12-25)17(11-22(23)28)16-13-27-29(2)14-16/h4-6,9-11,13-14H,7-8,26H2,1-3H3. The van der Waals surface area contributed by atoms with Gasteiger partial charge in [0, 0.05) is 56.9 Å². The Bertz CT molecular complexity index is 1470. The summed E-state index contributed by atoms with van der Waals surface area (Å²) in [5.41, 5.74) is 12.1. The van der Waals surface area contributed by atoms with Crippen molar-refractivity contribution in [2.24, 2.45) is 14.1 Å². The fourth-order valence-corrected chi connectivity index (χ4v) is 4.47. The number of fused-ring (bicyclic) bond motifs is 2. The molecule has 5 rings (SSSR count). The van der Waals surface area contributed by atoms with Crippen molar-refractivity contribution < 1.29 is 0 Å². The van der Waals surface area contributed by atoms with E-state index in [2.05, 4.69) is 34.1 Å². The number of nitrogens with two attached hydrogens (primary N) is 1. The zero-order chi connectivity index (χ0) is 22.6. The van der Waals surface area contributed by atoms with E-state index in [4.69, 9.17) is 5.73 Å². The monoisotopic (exact) mass is 425 g/mol. The van der Waals surface area contributed by atoms with Gasteiger partial charge in [-0.3, -0.25) is 9.48 Å². The van der Waals surface area contributed by atoms with Gasteiger partial charge in [0.15, 0.2) is 0 Å². The smallest absolute Gasteiger partial charge is 0.273 e. The molecule has 8 heteroatoms. The Balaban J connectivity index is 1.75. The van der Waals surface area contributed by atoms with Crippen molar-refractivity contribution in [2.45, 2.75) is 0 Å². The molecule has 8 nitrogen and oxygen atoms in total. The van der Waals surface area contributed by atoms with Gasteiger partial charge in [-0.05, 0) is 30.3 Å². The van der Waals surface area contributed by atoms with Crippen LogP contribution in [0.15, 0.2) is 53.6 Å². The number of rotatable bonds is 2. The minimum atomic E-state index is -0.207. The number of benzene rings is 2. The summed E-state index contributed by atoms with van der Waals surface area (Å²) >= 11 is 0. The van der Waals surface area contributed by atoms with Crippen LogP contribution in [0.1, 0.15) is 5.56 Å². The van der Waals surface area contributed by atoms with Gasteiger partial charge in [0.2, 0.25) is 0 Å². The van der Waals surface area contributed by atoms with Gasteiger partial charge in [-0.2, -0.15) is 10.4 Å². The maximum atomic E-state index is 12.3. The molecule has 32 heavy (non-hydrogen) atoms. The van der Waals surface area contributed by atoms with Crippen molar-refractivity contribution in [3.05, 3.63) is 64.7 Å². The van der Waals surface area contributed by atoms with Crippen LogP contribution >= 0.6 is 0 Å². The molecule has 1 aliphatic rings. The summed E-state index contributed by atoms with van der Waals surface area (Å²) in [6.07, 6.45) is 3.69. The highest BCUT2D eigenvalue weighted by Crippen LogP contribution is 2.43. The number of aryl methyl sites for hydroxylation is 2. The summed E-state index contributed by atoms with van der Waals surface area (Å²) in [6.45, 7) is 1.55. The van der Waals surface area contributed by atoms with Crippen LogP contribution in [0, 0.1) is 11.3 Å². The van der Waals surface area contributed by atoms with Crippen molar-refractivity contribution in [2.75, 3.05) is 35.7 Å². The number of nitrogens with zero attached hydrogens (tertiary/aromatic N) is 6. The van der Waals surface area contributed by atoms with Crippen molar-refractivity contribution in [3.63, 3.8) is 0 Å². The zero-order valence-electron chi connectivity index (χ0n) is 18.2. The average Bonchev–Trinajstić information content (AvgIpc) is 3.23. The Morgan fingerprint density at radius 3 is 2.59 bits per heavy atom. The predicted octanol–water partition coefficient (Wildman–Crippen LogP) is 2.98. The van der Waals surface area contributed by atoms with E-state index in [1.54, 1.807) is 28.6 Å². The van der Waals surface area contributed by atoms with Gasteiger partial charge in [0.1, 0.15) is 0 Å². The zero-order valence-corrected chi connectivity index (χ0v) is 18.2. The number of nitriles is 1. The van der Waals surface area contributed by atoms with E-state index in [0.717, 1.165) is 52.2 Å². The van der Waals surface area contributed by atoms with Crippen molar-refractivity contribution in [3.8, 4) is 17.2 Å². The molecule has 4 aromatic rings. The van der Waals surface area contributed by atoms with Crippen LogP contribution in [0.5, 0.6) is 0 Å². The van der Waals surface area contributed by atoms with Gasteiger partial charge in [0.05, 0.1) is 46.1 Å². The van der Waals surface area contributed by atoms with E-state index in [1.807, 2.05) is 37.5 Å². The first kappa shape index (κ1) is 19.7. The molecule has 0 unspecified atom stereocenters. The number of anilines is 4. The number of nitrogen functional groups attached to an aromatic ring is 1. The molecule has 160 valence electrons. The van der Waals surface area contributed by atoms with E-state index in [1.165, 1.54) is 0 Å². The van der Waals surface area contributed by atoms with Gasteiger partial charge in [-0.15, -0.1) is 0 Å². The molecule has 2 N–H and O–H groups in total. The molecule has 0 radical (unpaired) electrons. The van der Waals surface area contributed by atoms with Crippen LogP contribution in [-0.2, 0) is 14.1 Å².